The third kappa shape index (κ3) is 3.21. The van der Waals surface area contributed by atoms with Crippen molar-refractivity contribution in [2.45, 2.75) is 19.8 Å². The first-order valence-corrected chi connectivity index (χ1v) is 6.55. The zero-order valence-electron chi connectivity index (χ0n) is 11.6. The second-order valence-electron chi connectivity index (χ2n) is 4.71. The van der Waals surface area contributed by atoms with E-state index in [9.17, 15) is 10.1 Å². The zero-order valence-corrected chi connectivity index (χ0v) is 11.6. The Morgan fingerprint density at radius 2 is 2.25 bits per heavy atom. The molecule has 0 spiro atoms. The normalized spacial score (nSPS) is 10.7. The number of nitro groups is 1. The summed E-state index contributed by atoms with van der Waals surface area (Å²) in [6.45, 7) is 2.67. The van der Waals surface area contributed by atoms with E-state index in [0.717, 1.165) is 36.5 Å². The Kier molecular flexibility index (Phi) is 4.47. The van der Waals surface area contributed by atoms with Gasteiger partial charge in [-0.2, -0.15) is 0 Å². The summed E-state index contributed by atoms with van der Waals surface area (Å²) in [6, 6.07) is 5.21. The fourth-order valence-corrected chi connectivity index (χ4v) is 2.04. The number of nitrogens with one attached hydrogen (secondary N) is 2. The van der Waals surface area contributed by atoms with Gasteiger partial charge in [-0.15, -0.1) is 0 Å². The summed E-state index contributed by atoms with van der Waals surface area (Å²) in [7, 11) is 1.92. The summed E-state index contributed by atoms with van der Waals surface area (Å²) in [5.41, 5.74) is 2.39. The van der Waals surface area contributed by atoms with Crippen molar-refractivity contribution < 1.29 is 4.92 Å². The Bertz CT molecular complexity index is 607. The topological polar surface area (TPSA) is 83.8 Å². The molecule has 2 rings (SSSR count). The number of imidazole rings is 1. The fraction of sp³-hybridized carbons (Fsp3) is 0.357. The molecule has 0 saturated heterocycles. The Hall–Kier alpha value is -2.21. The van der Waals surface area contributed by atoms with Crippen LogP contribution in [0.15, 0.2) is 24.4 Å². The van der Waals surface area contributed by atoms with E-state index >= 15 is 0 Å². The molecule has 0 amide bonds. The van der Waals surface area contributed by atoms with Gasteiger partial charge >= 0.3 is 0 Å². The lowest BCUT2D eigenvalue weighted by molar-refractivity contribution is -0.385. The van der Waals surface area contributed by atoms with Crippen LogP contribution in [0.25, 0.3) is 11.3 Å². The van der Waals surface area contributed by atoms with Crippen LogP contribution in [0.2, 0.25) is 0 Å². The summed E-state index contributed by atoms with van der Waals surface area (Å²) in [5.74, 6) is 0.901. The molecule has 0 atom stereocenters. The van der Waals surface area contributed by atoms with Crippen molar-refractivity contribution in [3.05, 3.63) is 45.9 Å². The van der Waals surface area contributed by atoms with Gasteiger partial charge in [-0.1, -0.05) is 12.1 Å². The summed E-state index contributed by atoms with van der Waals surface area (Å²) in [4.78, 5) is 18.1. The standard InChI is InChI=1S/C14H18N4O2/c1-10-5-6-11(8-13(10)18(19)20)12-9-16-14(17-12)4-3-7-15-2/h5-6,8-9,15H,3-4,7H2,1-2H3,(H,16,17). The van der Waals surface area contributed by atoms with Crippen LogP contribution in [-0.2, 0) is 6.42 Å². The molecule has 0 aliphatic heterocycles. The van der Waals surface area contributed by atoms with Crippen LogP contribution in [0.5, 0.6) is 0 Å². The number of rotatable bonds is 6. The lowest BCUT2D eigenvalue weighted by Crippen LogP contribution is -2.08. The first-order chi connectivity index (χ1) is 9.61. The van der Waals surface area contributed by atoms with Gasteiger partial charge in [0.05, 0.1) is 16.8 Å². The number of benzene rings is 1. The molecule has 106 valence electrons. The van der Waals surface area contributed by atoms with Gasteiger partial charge in [0.2, 0.25) is 0 Å². The van der Waals surface area contributed by atoms with Gasteiger partial charge in [-0.05, 0) is 26.9 Å². The minimum absolute atomic E-state index is 0.133. The second kappa shape index (κ2) is 6.29. The van der Waals surface area contributed by atoms with Crippen LogP contribution < -0.4 is 5.32 Å². The summed E-state index contributed by atoms with van der Waals surface area (Å²) in [5, 5.41) is 14.0. The molecule has 1 aromatic carbocycles. The maximum Gasteiger partial charge on any atom is 0.272 e. The quantitative estimate of drug-likeness (QED) is 0.481. The third-order valence-electron chi connectivity index (χ3n) is 3.19. The van der Waals surface area contributed by atoms with E-state index in [0.29, 0.717) is 5.56 Å². The zero-order chi connectivity index (χ0) is 14.5. The van der Waals surface area contributed by atoms with Crippen LogP contribution >= 0.6 is 0 Å². The Morgan fingerprint density at radius 3 is 2.95 bits per heavy atom. The predicted octanol–water partition coefficient (Wildman–Crippen LogP) is 2.45. The lowest BCUT2D eigenvalue weighted by Gasteiger charge is -2.01. The summed E-state index contributed by atoms with van der Waals surface area (Å²) in [6.07, 6.45) is 3.58. The molecule has 0 bridgehead atoms. The van der Waals surface area contributed by atoms with Gasteiger partial charge in [0.15, 0.2) is 0 Å². The highest BCUT2D eigenvalue weighted by atomic mass is 16.6. The van der Waals surface area contributed by atoms with E-state index in [-0.39, 0.29) is 10.6 Å². The SMILES string of the molecule is CNCCCc1ncc(-c2ccc(C)c([N+](=O)[O-])c2)[nH]1. The van der Waals surface area contributed by atoms with Crippen LogP contribution in [-0.4, -0.2) is 28.5 Å². The molecule has 0 aliphatic carbocycles. The molecule has 0 radical (unpaired) electrons. The molecular formula is C14H18N4O2. The van der Waals surface area contributed by atoms with E-state index in [1.165, 1.54) is 0 Å². The highest BCUT2D eigenvalue weighted by Gasteiger charge is 2.13. The highest BCUT2D eigenvalue weighted by Crippen LogP contribution is 2.25. The first kappa shape index (κ1) is 14.2. The number of aryl methyl sites for hydroxylation is 2. The van der Waals surface area contributed by atoms with Crippen LogP contribution in [0.4, 0.5) is 5.69 Å². The van der Waals surface area contributed by atoms with Gasteiger partial charge in [-0.25, -0.2) is 4.98 Å². The Morgan fingerprint density at radius 1 is 1.45 bits per heavy atom. The molecular weight excluding hydrogens is 256 g/mol. The van der Waals surface area contributed by atoms with E-state index < -0.39 is 0 Å². The van der Waals surface area contributed by atoms with E-state index in [2.05, 4.69) is 15.3 Å². The van der Waals surface area contributed by atoms with Gasteiger partial charge in [0.25, 0.3) is 5.69 Å². The number of hydrogen-bond acceptors (Lipinski definition) is 4. The Balaban J connectivity index is 2.19. The largest absolute Gasteiger partial charge is 0.342 e. The second-order valence-corrected chi connectivity index (χ2v) is 4.71. The van der Waals surface area contributed by atoms with Gasteiger partial charge in [0, 0.05) is 23.6 Å². The average Bonchev–Trinajstić information content (AvgIpc) is 2.88. The van der Waals surface area contributed by atoms with Crippen molar-refractivity contribution in [1.82, 2.24) is 15.3 Å². The lowest BCUT2D eigenvalue weighted by atomic mass is 10.1. The van der Waals surface area contributed by atoms with Crippen LogP contribution in [0.1, 0.15) is 17.8 Å². The summed E-state index contributed by atoms with van der Waals surface area (Å²) >= 11 is 0. The molecule has 0 aliphatic rings. The van der Waals surface area contributed by atoms with Gasteiger partial charge in [0.1, 0.15) is 5.82 Å². The number of nitrogens with zero attached hydrogens (tertiary/aromatic N) is 2. The maximum absolute atomic E-state index is 11.0. The molecule has 0 saturated carbocycles. The molecule has 2 N–H and O–H groups in total. The molecule has 1 aromatic heterocycles. The molecule has 20 heavy (non-hydrogen) atoms. The first-order valence-electron chi connectivity index (χ1n) is 6.55. The van der Waals surface area contributed by atoms with E-state index in [1.54, 1.807) is 25.3 Å². The number of H-pyrrole nitrogens is 1. The average molecular weight is 274 g/mol. The van der Waals surface area contributed by atoms with Crippen molar-refractivity contribution in [2.24, 2.45) is 0 Å². The minimum atomic E-state index is -0.358. The molecule has 0 unspecified atom stereocenters. The monoisotopic (exact) mass is 274 g/mol. The molecule has 6 heteroatoms. The molecule has 2 aromatic rings. The number of hydrogen-bond donors (Lipinski definition) is 2. The van der Waals surface area contributed by atoms with Crippen LogP contribution in [0.3, 0.4) is 0 Å². The predicted molar refractivity (Wildman–Crippen MR) is 77.7 cm³/mol. The maximum atomic E-state index is 11.0. The van der Waals surface area contributed by atoms with Crippen molar-refractivity contribution >= 4 is 5.69 Å². The molecule has 0 fully saturated rings. The third-order valence-corrected chi connectivity index (χ3v) is 3.19. The van der Waals surface area contributed by atoms with Crippen molar-refractivity contribution in [3.8, 4) is 11.3 Å². The van der Waals surface area contributed by atoms with E-state index in [1.807, 2.05) is 13.1 Å². The smallest absolute Gasteiger partial charge is 0.272 e. The number of aromatic amines is 1. The Labute approximate surface area is 117 Å². The van der Waals surface area contributed by atoms with Crippen molar-refractivity contribution in [1.29, 1.82) is 0 Å². The minimum Gasteiger partial charge on any atom is -0.342 e. The van der Waals surface area contributed by atoms with Gasteiger partial charge in [-0.3, -0.25) is 10.1 Å². The number of aromatic nitrogens is 2. The van der Waals surface area contributed by atoms with Gasteiger partial charge < -0.3 is 10.3 Å². The van der Waals surface area contributed by atoms with Crippen molar-refractivity contribution in [3.63, 3.8) is 0 Å². The van der Waals surface area contributed by atoms with E-state index in [4.69, 9.17) is 0 Å². The molecule has 6 nitrogen and oxygen atoms in total. The fourth-order valence-electron chi connectivity index (χ4n) is 2.04. The molecule has 1 heterocycles. The van der Waals surface area contributed by atoms with Crippen LogP contribution in [0, 0.1) is 17.0 Å². The van der Waals surface area contributed by atoms with Crippen molar-refractivity contribution in [2.75, 3.05) is 13.6 Å². The number of nitro benzene ring substituents is 1. The highest BCUT2D eigenvalue weighted by molar-refractivity contribution is 5.63. The summed E-state index contributed by atoms with van der Waals surface area (Å²) < 4.78 is 0.